The molecule has 2 aromatic carbocycles. The van der Waals surface area contributed by atoms with Gasteiger partial charge in [-0.15, -0.1) is 0 Å². The number of hydrogen-bond acceptors (Lipinski definition) is 5. The molecule has 6 heteroatoms. The molecule has 0 radical (unpaired) electrons. The van der Waals surface area contributed by atoms with Crippen molar-refractivity contribution in [2.24, 2.45) is 0 Å². The summed E-state index contributed by atoms with van der Waals surface area (Å²) >= 11 is 0. The van der Waals surface area contributed by atoms with Gasteiger partial charge in [-0.2, -0.15) is 4.98 Å². The second kappa shape index (κ2) is 7.15. The topological polar surface area (TPSA) is 77.2 Å². The molecule has 4 aromatic rings. The maximum atomic E-state index is 12.7. The summed E-state index contributed by atoms with van der Waals surface area (Å²) < 4.78 is 11.6. The van der Waals surface area contributed by atoms with Crippen LogP contribution < -0.4 is 10.1 Å². The molecule has 0 aliphatic rings. The molecule has 0 atom stereocenters. The zero-order valence-electron chi connectivity index (χ0n) is 15.5. The molecule has 0 unspecified atom stereocenters. The Bertz CT molecular complexity index is 1090. The lowest BCUT2D eigenvalue weighted by Crippen LogP contribution is -2.42. The molecule has 2 heterocycles. The molecule has 28 heavy (non-hydrogen) atoms. The van der Waals surface area contributed by atoms with Gasteiger partial charge in [-0.25, -0.2) is 4.98 Å². The van der Waals surface area contributed by atoms with Crippen molar-refractivity contribution in [1.82, 2.24) is 9.97 Å². The van der Waals surface area contributed by atoms with Crippen LogP contribution in [0.15, 0.2) is 77.3 Å². The number of benzene rings is 2. The van der Waals surface area contributed by atoms with Crippen molar-refractivity contribution in [3.8, 4) is 17.2 Å². The molecule has 0 saturated heterocycles. The molecule has 0 aliphatic carbocycles. The van der Waals surface area contributed by atoms with E-state index in [2.05, 4.69) is 15.3 Å². The van der Waals surface area contributed by atoms with Gasteiger partial charge in [0.05, 0.1) is 0 Å². The Morgan fingerprint density at radius 2 is 1.86 bits per heavy atom. The zero-order valence-corrected chi connectivity index (χ0v) is 15.5. The van der Waals surface area contributed by atoms with Gasteiger partial charge < -0.3 is 14.5 Å². The minimum absolute atomic E-state index is 0.257. The van der Waals surface area contributed by atoms with Crippen molar-refractivity contribution in [1.29, 1.82) is 0 Å². The number of anilines is 1. The standard InChI is InChI=1S/C22H19N3O3/c1-22(2,28-17-10-4-3-5-11-17)21(26)24-16-9-6-8-15(14-16)20-25-19-18(27-20)12-7-13-23-19/h3-14H,1-2H3,(H,24,26). The average Bonchev–Trinajstić information content (AvgIpc) is 3.13. The van der Waals surface area contributed by atoms with Crippen LogP contribution >= 0.6 is 0 Å². The number of hydrogen-bond donors (Lipinski definition) is 1. The number of carbonyl (C=O) groups excluding carboxylic acids is 1. The highest BCUT2D eigenvalue weighted by molar-refractivity contribution is 5.97. The Labute approximate surface area is 162 Å². The molecule has 0 fully saturated rings. The molecule has 0 spiro atoms. The number of amides is 1. The van der Waals surface area contributed by atoms with E-state index in [0.717, 1.165) is 5.56 Å². The third kappa shape index (κ3) is 3.71. The van der Waals surface area contributed by atoms with Crippen molar-refractivity contribution in [3.05, 3.63) is 72.9 Å². The predicted octanol–water partition coefficient (Wildman–Crippen LogP) is 4.69. The van der Waals surface area contributed by atoms with Gasteiger partial charge in [-0.1, -0.05) is 24.3 Å². The number of carbonyl (C=O) groups is 1. The first-order chi connectivity index (χ1) is 13.5. The SMILES string of the molecule is CC(C)(Oc1ccccc1)C(=O)Nc1cccc(-c2nc3ncccc3o2)c1. The highest BCUT2D eigenvalue weighted by Gasteiger charge is 2.30. The Hall–Kier alpha value is -3.67. The summed E-state index contributed by atoms with van der Waals surface area (Å²) in [6.07, 6.45) is 1.67. The number of ether oxygens (including phenoxy) is 1. The highest BCUT2D eigenvalue weighted by Crippen LogP contribution is 2.26. The number of rotatable bonds is 5. The van der Waals surface area contributed by atoms with E-state index >= 15 is 0 Å². The minimum atomic E-state index is -1.04. The molecule has 2 aromatic heterocycles. The monoisotopic (exact) mass is 373 g/mol. The van der Waals surface area contributed by atoms with Crippen LogP contribution in [0.3, 0.4) is 0 Å². The average molecular weight is 373 g/mol. The van der Waals surface area contributed by atoms with E-state index < -0.39 is 5.60 Å². The first-order valence-electron chi connectivity index (χ1n) is 8.89. The van der Waals surface area contributed by atoms with Gasteiger partial charge in [0, 0.05) is 17.4 Å². The van der Waals surface area contributed by atoms with Gasteiger partial charge in [0.15, 0.2) is 16.8 Å². The van der Waals surface area contributed by atoms with E-state index in [1.165, 1.54) is 0 Å². The molecule has 1 N–H and O–H groups in total. The number of fused-ring (bicyclic) bond motifs is 1. The molecular weight excluding hydrogens is 354 g/mol. The van der Waals surface area contributed by atoms with Crippen LogP contribution in [0.1, 0.15) is 13.8 Å². The number of oxazole rings is 1. The minimum Gasteiger partial charge on any atom is -0.478 e. The van der Waals surface area contributed by atoms with E-state index in [4.69, 9.17) is 9.15 Å². The number of nitrogens with zero attached hydrogens (tertiary/aromatic N) is 2. The van der Waals surface area contributed by atoms with Crippen molar-refractivity contribution < 1.29 is 13.9 Å². The van der Waals surface area contributed by atoms with Crippen molar-refractivity contribution in [2.75, 3.05) is 5.32 Å². The van der Waals surface area contributed by atoms with Gasteiger partial charge in [0.25, 0.3) is 5.91 Å². The van der Waals surface area contributed by atoms with E-state index in [9.17, 15) is 4.79 Å². The van der Waals surface area contributed by atoms with E-state index in [-0.39, 0.29) is 5.91 Å². The van der Waals surface area contributed by atoms with Crippen LogP contribution in [0.25, 0.3) is 22.7 Å². The molecular formula is C22H19N3O3. The lowest BCUT2D eigenvalue weighted by molar-refractivity contribution is -0.128. The molecule has 4 rings (SSSR count). The number of para-hydroxylation sites is 1. The largest absolute Gasteiger partial charge is 0.478 e. The number of pyridine rings is 1. The lowest BCUT2D eigenvalue weighted by atomic mass is 10.1. The Morgan fingerprint density at radius 1 is 1.04 bits per heavy atom. The van der Waals surface area contributed by atoms with E-state index in [1.54, 1.807) is 38.2 Å². The first kappa shape index (κ1) is 17.7. The van der Waals surface area contributed by atoms with Gasteiger partial charge in [-0.3, -0.25) is 4.79 Å². The summed E-state index contributed by atoms with van der Waals surface area (Å²) in [5, 5.41) is 2.90. The quantitative estimate of drug-likeness (QED) is 0.549. The number of nitrogens with one attached hydrogen (secondary N) is 1. The summed E-state index contributed by atoms with van der Waals surface area (Å²) in [4.78, 5) is 21.3. The summed E-state index contributed by atoms with van der Waals surface area (Å²) in [6.45, 7) is 3.46. The lowest BCUT2D eigenvalue weighted by Gasteiger charge is -2.25. The predicted molar refractivity (Wildman–Crippen MR) is 107 cm³/mol. The summed E-state index contributed by atoms with van der Waals surface area (Å²) in [6, 6.07) is 20.2. The summed E-state index contributed by atoms with van der Waals surface area (Å²) in [7, 11) is 0. The fourth-order valence-electron chi connectivity index (χ4n) is 2.73. The zero-order chi connectivity index (χ0) is 19.6. The molecule has 140 valence electrons. The van der Waals surface area contributed by atoms with E-state index in [0.29, 0.717) is 28.6 Å². The summed E-state index contributed by atoms with van der Waals surface area (Å²) in [5.74, 6) is 0.827. The van der Waals surface area contributed by atoms with Crippen LogP contribution in [0.2, 0.25) is 0 Å². The van der Waals surface area contributed by atoms with Crippen LogP contribution in [0, 0.1) is 0 Å². The normalized spacial score (nSPS) is 11.4. The van der Waals surface area contributed by atoms with Crippen molar-refractivity contribution in [3.63, 3.8) is 0 Å². The molecule has 0 saturated carbocycles. The third-order valence-corrected chi connectivity index (χ3v) is 4.20. The van der Waals surface area contributed by atoms with Gasteiger partial charge in [-0.05, 0) is 56.3 Å². The Morgan fingerprint density at radius 3 is 2.64 bits per heavy atom. The molecule has 0 bridgehead atoms. The maximum Gasteiger partial charge on any atom is 0.267 e. The second-order valence-electron chi connectivity index (χ2n) is 6.80. The first-order valence-corrected chi connectivity index (χ1v) is 8.89. The van der Waals surface area contributed by atoms with Crippen molar-refractivity contribution >= 4 is 22.8 Å². The van der Waals surface area contributed by atoms with E-state index in [1.807, 2.05) is 48.5 Å². The van der Waals surface area contributed by atoms with Crippen LogP contribution in [-0.2, 0) is 4.79 Å². The third-order valence-electron chi connectivity index (χ3n) is 4.20. The van der Waals surface area contributed by atoms with Gasteiger partial charge in [0.2, 0.25) is 5.89 Å². The second-order valence-corrected chi connectivity index (χ2v) is 6.80. The Kier molecular flexibility index (Phi) is 4.53. The highest BCUT2D eigenvalue weighted by atomic mass is 16.5. The van der Waals surface area contributed by atoms with Crippen LogP contribution in [0.5, 0.6) is 5.75 Å². The molecule has 1 amide bonds. The fraction of sp³-hybridized carbons (Fsp3) is 0.136. The molecule has 6 nitrogen and oxygen atoms in total. The molecule has 0 aliphatic heterocycles. The van der Waals surface area contributed by atoms with Crippen LogP contribution in [0.4, 0.5) is 5.69 Å². The van der Waals surface area contributed by atoms with Crippen molar-refractivity contribution in [2.45, 2.75) is 19.4 Å². The Balaban J connectivity index is 1.53. The number of aromatic nitrogens is 2. The fourth-order valence-corrected chi connectivity index (χ4v) is 2.73. The van der Waals surface area contributed by atoms with Crippen LogP contribution in [-0.4, -0.2) is 21.5 Å². The smallest absolute Gasteiger partial charge is 0.267 e. The van der Waals surface area contributed by atoms with Gasteiger partial charge in [0.1, 0.15) is 5.75 Å². The van der Waals surface area contributed by atoms with Gasteiger partial charge >= 0.3 is 0 Å². The maximum absolute atomic E-state index is 12.7. The summed E-state index contributed by atoms with van der Waals surface area (Å²) in [5.41, 5.74) is 1.49.